The third kappa shape index (κ3) is 3.06. The van der Waals surface area contributed by atoms with Crippen molar-refractivity contribution in [2.75, 3.05) is 24.6 Å². The second-order valence-corrected chi connectivity index (χ2v) is 9.04. The molecular weight excluding hydrogens is 250 g/mol. The Kier molecular flexibility index (Phi) is 3.78. The van der Waals surface area contributed by atoms with Crippen LogP contribution in [-0.4, -0.2) is 55.2 Å². The number of hydrogen-bond acceptors (Lipinski definition) is 4. The fourth-order valence-electron chi connectivity index (χ4n) is 3.26. The molecule has 2 aliphatic heterocycles. The van der Waals surface area contributed by atoms with E-state index in [4.69, 9.17) is 0 Å². The highest BCUT2D eigenvalue weighted by Crippen LogP contribution is 2.35. The molecule has 0 spiro atoms. The zero-order chi connectivity index (χ0) is 13.6. The normalized spacial score (nSPS) is 34.9. The Balaban J connectivity index is 1.95. The highest BCUT2D eigenvalue weighted by Gasteiger charge is 2.41. The van der Waals surface area contributed by atoms with Crippen molar-refractivity contribution in [3.05, 3.63) is 0 Å². The fourth-order valence-corrected chi connectivity index (χ4v) is 5.09. The van der Waals surface area contributed by atoms with Crippen LogP contribution in [0.5, 0.6) is 0 Å². The van der Waals surface area contributed by atoms with Crippen molar-refractivity contribution in [1.29, 1.82) is 0 Å². The molecule has 0 aliphatic carbocycles. The van der Waals surface area contributed by atoms with Gasteiger partial charge in [0.2, 0.25) is 0 Å². The number of sulfone groups is 1. The van der Waals surface area contributed by atoms with Gasteiger partial charge < -0.3 is 5.11 Å². The lowest BCUT2D eigenvalue weighted by Crippen LogP contribution is -2.48. The summed E-state index contributed by atoms with van der Waals surface area (Å²) in [4.78, 5) is 2.18. The molecule has 2 aliphatic rings. The third-order valence-electron chi connectivity index (χ3n) is 4.52. The quantitative estimate of drug-likeness (QED) is 0.772. The van der Waals surface area contributed by atoms with Gasteiger partial charge in [-0.25, -0.2) is 8.42 Å². The average Bonchev–Trinajstić information content (AvgIpc) is 2.51. The van der Waals surface area contributed by atoms with Crippen molar-refractivity contribution in [1.82, 2.24) is 4.90 Å². The number of rotatable bonds is 1. The number of likely N-dealkylation sites (tertiary alicyclic amines) is 1. The first-order chi connectivity index (χ1) is 8.19. The lowest BCUT2D eigenvalue weighted by Gasteiger charge is -2.41. The summed E-state index contributed by atoms with van der Waals surface area (Å²) < 4.78 is 23.1. The van der Waals surface area contributed by atoms with Crippen LogP contribution >= 0.6 is 0 Å². The van der Waals surface area contributed by atoms with Crippen LogP contribution in [-0.2, 0) is 9.84 Å². The molecule has 2 rings (SSSR count). The molecule has 106 valence electrons. The molecule has 2 saturated heterocycles. The van der Waals surface area contributed by atoms with Crippen LogP contribution in [0.15, 0.2) is 0 Å². The maximum absolute atomic E-state index is 11.5. The molecule has 0 aromatic rings. The number of piperidine rings is 1. The molecule has 0 saturated carbocycles. The lowest BCUT2D eigenvalue weighted by molar-refractivity contribution is 0.0390. The Labute approximate surface area is 110 Å². The molecule has 5 heteroatoms. The van der Waals surface area contributed by atoms with Crippen molar-refractivity contribution in [2.24, 2.45) is 11.3 Å². The Bertz CT molecular complexity index is 391. The molecule has 4 nitrogen and oxygen atoms in total. The van der Waals surface area contributed by atoms with Crippen LogP contribution < -0.4 is 0 Å². The first kappa shape index (κ1) is 14.3. The van der Waals surface area contributed by atoms with Crippen molar-refractivity contribution in [3.8, 4) is 0 Å². The van der Waals surface area contributed by atoms with Crippen LogP contribution in [0.2, 0.25) is 0 Å². The van der Waals surface area contributed by atoms with Gasteiger partial charge in [0.05, 0.1) is 23.7 Å². The Hall–Kier alpha value is -0.130. The fraction of sp³-hybridized carbons (Fsp3) is 1.00. The predicted molar refractivity (Wildman–Crippen MR) is 72.2 cm³/mol. The molecule has 0 radical (unpaired) electrons. The summed E-state index contributed by atoms with van der Waals surface area (Å²) in [6.07, 6.45) is 1.51. The molecule has 0 aromatic carbocycles. The zero-order valence-corrected chi connectivity index (χ0v) is 12.4. The lowest BCUT2D eigenvalue weighted by atomic mass is 9.75. The van der Waals surface area contributed by atoms with E-state index in [2.05, 4.69) is 25.7 Å². The molecule has 0 aromatic heterocycles. The van der Waals surface area contributed by atoms with E-state index in [0.717, 1.165) is 25.9 Å². The summed E-state index contributed by atoms with van der Waals surface area (Å²) in [5.74, 6) is 0.773. The van der Waals surface area contributed by atoms with Crippen LogP contribution in [0.4, 0.5) is 0 Å². The topological polar surface area (TPSA) is 57.6 Å². The molecule has 2 heterocycles. The second kappa shape index (κ2) is 4.76. The zero-order valence-electron chi connectivity index (χ0n) is 11.6. The largest absolute Gasteiger partial charge is 0.390 e. The van der Waals surface area contributed by atoms with Gasteiger partial charge in [-0.2, -0.15) is 0 Å². The van der Waals surface area contributed by atoms with Gasteiger partial charge in [0, 0.05) is 0 Å². The number of nitrogens with zero attached hydrogens (tertiary/aromatic N) is 1. The molecular formula is C13H25NO3S. The molecule has 1 N–H and O–H groups in total. The van der Waals surface area contributed by atoms with Crippen LogP contribution in [0.1, 0.15) is 33.6 Å². The Morgan fingerprint density at radius 2 is 1.67 bits per heavy atom. The summed E-state index contributed by atoms with van der Waals surface area (Å²) in [6, 6.07) is -0.170. The number of aliphatic hydroxyl groups is 1. The van der Waals surface area contributed by atoms with Gasteiger partial charge in [0.15, 0.2) is 9.84 Å². The van der Waals surface area contributed by atoms with Gasteiger partial charge in [-0.3, -0.25) is 4.90 Å². The number of hydrogen-bond donors (Lipinski definition) is 1. The maximum Gasteiger partial charge on any atom is 0.154 e. The van der Waals surface area contributed by atoms with Crippen molar-refractivity contribution < 1.29 is 13.5 Å². The molecule has 2 unspecified atom stereocenters. The van der Waals surface area contributed by atoms with E-state index < -0.39 is 15.9 Å². The first-order valence-corrected chi connectivity index (χ1v) is 8.64. The standard InChI is InChI=1S/C13H25NO3S/c1-13(2,3)10-4-6-14(7-5-10)11-8-18(16,17)9-12(11)15/h10-12,15H,4-9H2,1-3H3. The minimum Gasteiger partial charge on any atom is -0.390 e. The third-order valence-corrected chi connectivity index (χ3v) is 6.22. The van der Waals surface area contributed by atoms with E-state index in [1.807, 2.05) is 0 Å². The molecule has 2 fully saturated rings. The highest BCUT2D eigenvalue weighted by molar-refractivity contribution is 7.91. The molecule has 2 atom stereocenters. The van der Waals surface area contributed by atoms with Gasteiger partial charge in [0.25, 0.3) is 0 Å². The summed E-state index contributed by atoms with van der Waals surface area (Å²) in [7, 11) is -3.03. The Morgan fingerprint density at radius 1 is 1.11 bits per heavy atom. The van der Waals surface area contributed by atoms with E-state index in [-0.39, 0.29) is 17.5 Å². The van der Waals surface area contributed by atoms with Crippen molar-refractivity contribution >= 4 is 9.84 Å². The van der Waals surface area contributed by atoms with E-state index in [9.17, 15) is 13.5 Å². The van der Waals surface area contributed by atoms with Crippen LogP contribution in [0, 0.1) is 11.3 Å². The van der Waals surface area contributed by atoms with Gasteiger partial charge >= 0.3 is 0 Å². The first-order valence-electron chi connectivity index (χ1n) is 6.81. The average molecular weight is 275 g/mol. The molecule has 0 amide bonds. The number of aliphatic hydroxyl groups excluding tert-OH is 1. The summed E-state index contributed by atoms with van der Waals surface area (Å²) in [5, 5.41) is 9.88. The SMILES string of the molecule is CC(C)(C)C1CCN(C2CS(=O)(=O)CC2O)CC1. The Morgan fingerprint density at radius 3 is 2.06 bits per heavy atom. The van der Waals surface area contributed by atoms with E-state index >= 15 is 0 Å². The van der Waals surface area contributed by atoms with Gasteiger partial charge in [0.1, 0.15) is 0 Å². The predicted octanol–water partition coefficient (Wildman–Crippen LogP) is 0.902. The van der Waals surface area contributed by atoms with Crippen LogP contribution in [0.25, 0.3) is 0 Å². The minimum absolute atomic E-state index is 0.0587. The van der Waals surface area contributed by atoms with Gasteiger partial charge in [-0.15, -0.1) is 0 Å². The molecule has 0 bridgehead atoms. The van der Waals surface area contributed by atoms with Gasteiger partial charge in [-0.05, 0) is 37.3 Å². The van der Waals surface area contributed by atoms with Gasteiger partial charge in [-0.1, -0.05) is 20.8 Å². The van der Waals surface area contributed by atoms with E-state index in [1.54, 1.807) is 0 Å². The summed E-state index contributed by atoms with van der Waals surface area (Å²) in [6.45, 7) is 8.63. The van der Waals surface area contributed by atoms with Crippen LogP contribution in [0.3, 0.4) is 0 Å². The monoisotopic (exact) mass is 275 g/mol. The molecule has 18 heavy (non-hydrogen) atoms. The van der Waals surface area contributed by atoms with Crippen molar-refractivity contribution in [2.45, 2.75) is 45.8 Å². The smallest absolute Gasteiger partial charge is 0.154 e. The van der Waals surface area contributed by atoms with E-state index in [0.29, 0.717) is 11.3 Å². The summed E-state index contributed by atoms with van der Waals surface area (Å²) in [5.41, 5.74) is 0.326. The highest BCUT2D eigenvalue weighted by atomic mass is 32.2. The van der Waals surface area contributed by atoms with E-state index in [1.165, 1.54) is 0 Å². The maximum atomic E-state index is 11.5. The summed E-state index contributed by atoms with van der Waals surface area (Å²) >= 11 is 0. The minimum atomic E-state index is -3.03. The van der Waals surface area contributed by atoms with Crippen molar-refractivity contribution in [3.63, 3.8) is 0 Å². The second-order valence-electron chi connectivity index (χ2n) is 6.89.